The maximum Gasteiger partial charge on any atom is 0.295 e. The van der Waals surface area contributed by atoms with Crippen molar-refractivity contribution in [2.75, 3.05) is 0 Å². The van der Waals surface area contributed by atoms with E-state index in [1.807, 2.05) is 6.92 Å². The summed E-state index contributed by atoms with van der Waals surface area (Å²) in [6.45, 7) is 1.84. The van der Waals surface area contributed by atoms with Gasteiger partial charge in [0.1, 0.15) is 0 Å². The Morgan fingerprint density at radius 1 is 1.13 bits per heavy atom. The molecule has 3 aromatic rings. The van der Waals surface area contributed by atoms with E-state index < -0.39 is 14.9 Å². The molecule has 1 aromatic heterocycles. The minimum atomic E-state index is -3.99. The van der Waals surface area contributed by atoms with Crippen LogP contribution in [0.4, 0.5) is 5.69 Å². The lowest BCUT2D eigenvalue weighted by Gasteiger charge is -2.08. The van der Waals surface area contributed by atoms with Crippen LogP contribution >= 0.6 is 11.6 Å². The maximum atomic E-state index is 12.8. The summed E-state index contributed by atoms with van der Waals surface area (Å²) in [5, 5.41) is 11.5. The molecular weight excluding hydrogens is 340 g/mol. The molecule has 0 aliphatic carbocycles. The minimum Gasteiger partial charge on any atom is -0.258 e. The normalized spacial score (nSPS) is 11.7. The second-order valence-corrected chi connectivity index (χ2v) is 7.24. The van der Waals surface area contributed by atoms with Gasteiger partial charge >= 0.3 is 0 Å². The van der Waals surface area contributed by atoms with Crippen molar-refractivity contribution in [3.8, 4) is 0 Å². The number of benzene rings is 2. The van der Waals surface area contributed by atoms with E-state index in [9.17, 15) is 18.5 Å². The number of halogens is 1. The highest BCUT2D eigenvalue weighted by Crippen LogP contribution is 2.35. The third-order valence-electron chi connectivity index (χ3n) is 3.50. The third kappa shape index (κ3) is 2.47. The largest absolute Gasteiger partial charge is 0.295 e. The minimum absolute atomic E-state index is 0.0369. The molecule has 0 fully saturated rings. The molecule has 23 heavy (non-hydrogen) atoms. The quantitative estimate of drug-likeness (QED) is 0.532. The lowest BCUT2D eigenvalue weighted by Crippen LogP contribution is -2.12. The molecule has 0 atom stereocenters. The fourth-order valence-electron chi connectivity index (χ4n) is 2.35. The molecule has 0 bridgehead atoms. The van der Waals surface area contributed by atoms with Gasteiger partial charge in [-0.1, -0.05) is 35.4 Å². The SMILES string of the molecule is Cc1ccc(S(=O)(=O)n2cc([N+](=O)[O-])c3cccc(Cl)c32)cc1. The smallest absolute Gasteiger partial charge is 0.258 e. The zero-order chi connectivity index (χ0) is 16.8. The summed E-state index contributed by atoms with van der Waals surface area (Å²) in [6.07, 6.45) is 0.992. The molecule has 1 heterocycles. The van der Waals surface area contributed by atoms with Crippen LogP contribution in [0.2, 0.25) is 5.02 Å². The van der Waals surface area contributed by atoms with Gasteiger partial charge in [0.15, 0.2) is 0 Å². The zero-order valence-corrected chi connectivity index (χ0v) is 13.5. The second-order valence-electron chi connectivity index (χ2n) is 5.02. The van der Waals surface area contributed by atoms with Crippen LogP contribution in [-0.2, 0) is 10.0 Å². The van der Waals surface area contributed by atoms with E-state index in [1.165, 1.54) is 24.3 Å². The second kappa shape index (κ2) is 5.36. The van der Waals surface area contributed by atoms with Crippen LogP contribution < -0.4 is 0 Å². The van der Waals surface area contributed by atoms with Gasteiger partial charge in [-0.15, -0.1) is 0 Å². The van der Waals surface area contributed by atoms with Gasteiger partial charge in [0.25, 0.3) is 15.7 Å². The van der Waals surface area contributed by atoms with Crippen molar-refractivity contribution < 1.29 is 13.3 Å². The Morgan fingerprint density at radius 3 is 2.39 bits per heavy atom. The fourth-order valence-corrected chi connectivity index (χ4v) is 4.05. The van der Waals surface area contributed by atoms with Gasteiger partial charge < -0.3 is 0 Å². The van der Waals surface area contributed by atoms with Crippen molar-refractivity contribution in [1.29, 1.82) is 0 Å². The van der Waals surface area contributed by atoms with Crippen molar-refractivity contribution in [3.63, 3.8) is 0 Å². The predicted molar refractivity (Wildman–Crippen MR) is 87.4 cm³/mol. The van der Waals surface area contributed by atoms with E-state index in [0.717, 1.165) is 15.7 Å². The first-order valence-electron chi connectivity index (χ1n) is 6.58. The van der Waals surface area contributed by atoms with Crippen LogP contribution in [0, 0.1) is 17.0 Å². The van der Waals surface area contributed by atoms with Crippen LogP contribution in [0.25, 0.3) is 10.9 Å². The predicted octanol–water partition coefficient (Wildman–Crippen LogP) is 3.75. The van der Waals surface area contributed by atoms with Crippen molar-refractivity contribution in [3.05, 3.63) is 69.4 Å². The lowest BCUT2D eigenvalue weighted by molar-refractivity contribution is -0.383. The molecule has 8 heteroatoms. The fraction of sp³-hybridized carbons (Fsp3) is 0.0667. The molecule has 0 unspecified atom stereocenters. The molecule has 0 radical (unpaired) electrons. The van der Waals surface area contributed by atoms with Crippen LogP contribution in [0.5, 0.6) is 0 Å². The van der Waals surface area contributed by atoms with Gasteiger partial charge in [0, 0.05) is 0 Å². The van der Waals surface area contributed by atoms with Crippen LogP contribution in [0.15, 0.2) is 53.6 Å². The molecule has 0 amide bonds. The average molecular weight is 351 g/mol. The summed E-state index contributed by atoms with van der Waals surface area (Å²) < 4.78 is 26.5. The first-order chi connectivity index (χ1) is 10.8. The molecule has 6 nitrogen and oxygen atoms in total. The number of nitro groups is 1. The molecule has 0 spiro atoms. The number of rotatable bonds is 3. The number of para-hydroxylation sites is 1. The van der Waals surface area contributed by atoms with Crippen LogP contribution in [0.3, 0.4) is 0 Å². The third-order valence-corrected chi connectivity index (χ3v) is 5.48. The molecule has 0 aliphatic rings. The first-order valence-corrected chi connectivity index (χ1v) is 8.40. The van der Waals surface area contributed by atoms with Crippen molar-refractivity contribution in [1.82, 2.24) is 3.97 Å². The monoisotopic (exact) mass is 350 g/mol. The van der Waals surface area contributed by atoms with Crippen molar-refractivity contribution in [2.24, 2.45) is 0 Å². The standard InChI is InChI=1S/C15H11ClN2O4S/c1-10-5-7-11(8-6-10)23(21,22)17-9-14(18(19)20)12-3-2-4-13(16)15(12)17/h2-9H,1H3. The highest BCUT2D eigenvalue weighted by Gasteiger charge is 2.27. The number of hydrogen-bond acceptors (Lipinski definition) is 4. The molecule has 0 saturated carbocycles. The Hall–Kier alpha value is -2.38. The van der Waals surface area contributed by atoms with Gasteiger partial charge in [-0.3, -0.25) is 10.1 Å². The van der Waals surface area contributed by atoms with Gasteiger partial charge in [-0.25, -0.2) is 12.4 Å². The maximum absolute atomic E-state index is 12.8. The molecular formula is C15H11ClN2O4S. The van der Waals surface area contributed by atoms with E-state index in [-0.39, 0.29) is 26.5 Å². The summed E-state index contributed by atoms with van der Waals surface area (Å²) in [6, 6.07) is 10.7. The Bertz CT molecular complexity index is 1020. The van der Waals surface area contributed by atoms with Crippen molar-refractivity contribution in [2.45, 2.75) is 11.8 Å². The molecule has 3 rings (SSSR count). The number of nitrogens with zero attached hydrogens (tertiary/aromatic N) is 2. The van der Waals surface area contributed by atoms with Gasteiger partial charge in [-0.05, 0) is 31.2 Å². The van der Waals surface area contributed by atoms with Crippen LogP contribution in [0.1, 0.15) is 5.56 Å². The molecule has 118 valence electrons. The summed E-state index contributed by atoms with van der Waals surface area (Å²) in [4.78, 5) is 10.6. The Balaban J connectivity index is 2.36. The Morgan fingerprint density at radius 2 is 1.78 bits per heavy atom. The van der Waals surface area contributed by atoms with Gasteiger partial charge in [0.2, 0.25) is 0 Å². The van der Waals surface area contributed by atoms with Gasteiger partial charge in [0.05, 0.1) is 31.9 Å². The number of aromatic nitrogens is 1. The van der Waals surface area contributed by atoms with E-state index >= 15 is 0 Å². The number of aryl methyl sites for hydroxylation is 1. The number of hydrogen-bond donors (Lipinski definition) is 0. The molecule has 0 saturated heterocycles. The molecule has 2 aromatic carbocycles. The lowest BCUT2D eigenvalue weighted by atomic mass is 10.2. The topological polar surface area (TPSA) is 82.2 Å². The molecule has 0 N–H and O–H groups in total. The van der Waals surface area contributed by atoms with E-state index in [1.54, 1.807) is 18.2 Å². The summed E-state index contributed by atoms with van der Waals surface area (Å²) in [5.74, 6) is 0. The van der Waals surface area contributed by atoms with E-state index in [2.05, 4.69) is 0 Å². The Kier molecular flexibility index (Phi) is 3.62. The zero-order valence-electron chi connectivity index (χ0n) is 11.9. The highest BCUT2D eigenvalue weighted by molar-refractivity contribution is 7.90. The number of fused-ring (bicyclic) bond motifs is 1. The average Bonchev–Trinajstić information content (AvgIpc) is 2.89. The van der Waals surface area contributed by atoms with Crippen LogP contribution in [-0.4, -0.2) is 17.3 Å². The van der Waals surface area contributed by atoms with E-state index in [4.69, 9.17) is 11.6 Å². The van der Waals surface area contributed by atoms with Gasteiger partial charge in [-0.2, -0.15) is 0 Å². The summed E-state index contributed by atoms with van der Waals surface area (Å²) in [5.41, 5.74) is 0.699. The summed E-state index contributed by atoms with van der Waals surface area (Å²) >= 11 is 6.09. The summed E-state index contributed by atoms with van der Waals surface area (Å²) in [7, 11) is -3.99. The van der Waals surface area contributed by atoms with Crippen molar-refractivity contribution >= 4 is 38.2 Å². The van der Waals surface area contributed by atoms with E-state index in [0.29, 0.717) is 0 Å². The first kappa shape index (κ1) is 15.5. The molecule has 0 aliphatic heterocycles. The Labute approximate surface area is 137 Å². The highest BCUT2D eigenvalue weighted by atomic mass is 35.5.